The molecule has 2 heterocycles. The number of nitrogens with one attached hydrogen (secondary N) is 1. The second-order valence-corrected chi connectivity index (χ2v) is 8.22. The molecule has 1 saturated carbocycles. The number of hydrogen-bond acceptors (Lipinski definition) is 4. The van der Waals surface area contributed by atoms with Crippen LogP contribution in [0.2, 0.25) is 0 Å². The van der Waals surface area contributed by atoms with E-state index < -0.39 is 5.92 Å². The van der Waals surface area contributed by atoms with Gasteiger partial charge in [-0.1, -0.05) is 31.1 Å². The number of benzene rings is 1. The topological polar surface area (TPSA) is 71.0 Å². The van der Waals surface area contributed by atoms with Crippen LogP contribution in [-0.4, -0.2) is 44.3 Å². The van der Waals surface area contributed by atoms with E-state index >= 15 is 0 Å². The third-order valence-electron chi connectivity index (χ3n) is 6.34. The Balaban J connectivity index is 1.42. The quantitative estimate of drug-likeness (QED) is 0.833. The molecule has 6 heteroatoms. The van der Waals surface area contributed by atoms with Crippen molar-refractivity contribution < 1.29 is 14.3 Å². The molecule has 1 aliphatic carbocycles. The highest BCUT2D eigenvalue weighted by Crippen LogP contribution is 2.42. The molecule has 29 heavy (non-hydrogen) atoms. The van der Waals surface area contributed by atoms with Gasteiger partial charge >= 0.3 is 0 Å². The zero-order valence-corrected chi connectivity index (χ0v) is 17.2. The first kappa shape index (κ1) is 19.7. The number of allylic oxidation sites excluding steroid dienone is 1. The van der Waals surface area contributed by atoms with Gasteiger partial charge in [0.05, 0.1) is 11.6 Å². The second-order valence-electron chi connectivity index (χ2n) is 8.22. The zero-order chi connectivity index (χ0) is 20.4. The maximum atomic E-state index is 12.8. The van der Waals surface area contributed by atoms with E-state index in [0.717, 1.165) is 25.1 Å². The lowest BCUT2D eigenvalue weighted by atomic mass is 9.69. The van der Waals surface area contributed by atoms with E-state index in [1.807, 2.05) is 30.3 Å². The Bertz CT molecular complexity index is 861. The van der Waals surface area contributed by atoms with Gasteiger partial charge in [-0.25, -0.2) is 0 Å². The van der Waals surface area contributed by atoms with Gasteiger partial charge in [0.25, 0.3) is 5.91 Å². The Labute approximate surface area is 172 Å². The van der Waals surface area contributed by atoms with Crippen molar-refractivity contribution in [3.63, 3.8) is 0 Å². The van der Waals surface area contributed by atoms with Crippen molar-refractivity contribution >= 4 is 23.2 Å². The number of anilines is 1. The third kappa shape index (κ3) is 3.93. The predicted octanol–water partition coefficient (Wildman–Crippen LogP) is 2.98. The molecule has 0 spiro atoms. The number of nitrogens with zero attached hydrogens (tertiary/aromatic N) is 2. The Morgan fingerprint density at radius 1 is 1.31 bits per heavy atom. The lowest BCUT2D eigenvalue weighted by Gasteiger charge is -2.36. The summed E-state index contributed by atoms with van der Waals surface area (Å²) >= 11 is 0. The van der Waals surface area contributed by atoms with Gasteiger partial charge in [-0.15, -0.1) is 0 Å². The molecule has 4 rings (SSSR count). The minimum absolute atomic E-state index is 0.0571. The standard InChI is InChI=1S/C23H29N3O3/c1-3-6-15-11-19(24-12-16-9-10-18(15)16)22(27)25-13-17-14-29-21-8-5-4-7-20(21)26(2)23(17)28/h4-5,7-8,11,16-18H,3,6,9-10,12-14H2,1-2H3,(H,25,27)/t16?,17-,18?/m0/s1. The fourth-order valence-electron chi connectivity index (χ4n) is 4.47. The van der Waals surface area contributed by atoms with Crippen LogP contribution in [0.5, 0.6) is 5.75 Å². The summed E-state index contributed by atoms with van der Waals surface area (Å²) in [5.74, 6) is 1.18. The smallest absolute Gasteiger partial charge is 0.269 e. The Hall–Kier alpha value is -2.63. The van der Waals surface area contributed by atoms with Crippen LogP contribution in [0.3, 0.4) is 0 Å². The van der Waals surface area contributed by atoms with Crippen molar-refractivity contribution in [2.75, 3.05) is 31.6 Å². The molecular formula is C23H29N3O3. The number of amides is 2. The van der Waals surface area contributed by atoms with Crippen LogP contribution < -0.4 is 15.0 Å². The number of ether oxygens (including phenoxy) is 1. The molecule has 6 nitrogen and oxygen atoms in total. The molecule has 3 aliphatic rings. The van der Waals surface area contributed by atoms with Crippen molar-refractivity contribution in [3.8, 4) is 5.75 Å². The summed E-state index contributed by atoms with van der Waals surface area (Å²) < 4.78 is 5.83. The maximum Gasteiger partial charge on any atom is 0.269 e. The number of rotatable bonds is 5. The van der Waals surface area contributed by atoms with Crippen LogP contribution in [0, 0.1) is 17.8 Å². The number of fused-ring (bicyclic) bond motifs is 2. The number of carbonyl (C=O) groups excluding carboxylic acids is 2. The molecule has 1 aromatic carbocycles. The van der Waals surface area contributed by atoms with Crippen LogP contribution in [0.15, 0.2) is 40.9 Å². The maximum absolute atomic E-state index is 12.8. The zero-order valence-electron chi connectivity index (χ0n) is 17.2. The summed E-state index contributed by atoms with van der Waals surface area (Å²) in [5, 5.41) is 2.93. The monoisotopic (exact) mass is 395 g/mol. The first-order valence-corrected chi connectivity index (χ1v) is 10.6. The summed E-state index contributed by atoms with van der Waals surface area (Å²) in [6, 6.07) is 7.49. The SMILES string of the molecule is CCCC1=CC(C(=O)NC[C@H]2COc3ccccc3N(C)C2=O)=NCC2CCC12. The van der Waals surface area contributed by atoms with E-state index in [4.69, 9.17) is 4.74 Å². The van der Waals surface area contributed by atoms with Gasteiger partial charge in [0.2, 0.25) is 5.91 Å². The summed E-state index contributed by atoms with van der Waals surface area (Å²) in [5.41, 5.74) is 2.61. The van der Waals surface area contributed by atoms with Crippen LogP contribution >= 0.6 is 0 Å². The van der Waals surface area contributed by atoms with Crippen molar-refractivity contribution in [1.29, 1.82) is 0 Å². The van der Waals surface area contributed by atoms with Crippen molar-refractivity contribution in [2.45, 2.75) is 32.6 Å². The molecule has 0 bridgehead atoms. The van der Waals surface area contributed by atoms with E-state index in [0.29, 0.717) is 23.3 Å². The van der Waals surface area contributed by atoms with Gasteiger partial charge in [0.1, 0.15) is 18.1 Å². The Morgan fingerprint density at radius 3 is 2.90 bits per heavy atom. The number of hydrogen-bond donors (Lipinski definition) is 1. The molecular weight excluding hydrogens is 366 g/mol. The van der Waals surface area contributed by atoms with Crippen LogP contribution in [0.4, 0.5) is 5.69 Å². The Morgan fingerprint density at radius 2 is 2.14 bits per heavy atom. The van der Waals surface area contributed by atoms with Gasteiger partial charge in [-0.2, -0.15) is 0 Å². The molecule has 2 aliphatic heterocycles. The van der Waals surface area contributed by atoms with Gasteiger partial charge < -0.3 is 15.0 Å². The van der Waals surface area contributed by atoms with E-state index in [2.05, 4.69) is 17.2 Å². The largest absolute Gasteiger partial charge is 0.490 e. The highest BCUT2D eigenvalue weighted by molar-refractivity contribution is 6.43. The van der Waals surface area contributed by atoms with E-state index in [9.17, 15) is 9.59 Å². The van der Waals surface area contributed by atoms with Crippen LogP contribution in [0.25, 0.3) is 0 Å². The van der Waals surface area contributed by atoms with Gasteiger partial charge in [-0.3, -0.25) is 14.6 Å². The molecule has 0 aromatic heterocycles. The normalized spacial score (nSPS) is 25.9. The molecule has 1 N–H and O–H groups in total. The minimum Gasteiger partial charge on any atom is -0.490 e. The third-order valence-corrected chi connectivity index (χ3v) is 6.34. The summed E-state index contributed by atoms with van der Waals surface area (Å²) in [6.45, 7) is 3.37. The number of para-hydroxylation sites is 2. The van der Waals surface area contributed by atoms with Gasteiger partial charge in [-0.05, 0) is 49.3 Å². The van der Waals surface area contributed by atoms with Crippen LogP contribution in [-0.2, 0) is 9.59 Å². The molecule has 1 aromatic rings. The fourth-order valence-corrected chi connectivity index (χ4v) is 4.47. The lowest BCUT2D eigenvalue weighted by Crippen LogP contribution is -2.42. The predicted molar refractivity (Wildman–Crippen MR) is 113 cm³/mol. The lowest BCUT2D eigenvalue weighted by molar-refractivity contribution is -0.122. The van der Waals surface area contributed by atoms with Crippen molar-refractivity contribution in [2.24, 2.45) is 22.7 Å². The summed E-state index contributed by atoms with van der Waals surface area (Å²) in [6.07, 6.45) is 6.50. The number of carbonyl (C=O) groups is 2. The van der Waals surface area contributed by atoms with Crippen LogP contribution in [0.1, 0.15) is 32.6 Å². The fraction of sp³-hybridized carbons (Fsp3) is 0.522. The molecule has 0 saturated heterocycles. The van der Waals surface area contributed by atoms with E-state index in [1.165, 1.54) is 18.4 Å². The summed E-state index contributed by atoms with van der Waals surface area (Å²) in [7, 11) is 1.75. The number of aliphatic imine (C=N–C) groups is 1. The first-order valence-electron chi connectivity index (χ1n) is 10.6. The average Bonchev–Trinajstić information content (AvgIpc) is 2.90. The minimum atomic E-state index is -0.432. The Kier molecular flexibility index (Phi) is 5.69. The van der Waals surface area contributed by atoms with E-state index in [-0.39, 0.29) is 25.0 Å². The molecule has 154 valence electrons. The highest BCUT2D eigenvalue weighted by Gasteiger charge is 2.35. The molecule has 2 unspecified atom stereocenters. The molecule has 0 radical (unpaired) electrons. The van der Waals surface area contributed by atoms with E-state index in [1.54, 1.807) is 11.9 Å². The summed E-state index contributed by atoms with van der Waals surface area (Å²) in [4.78, 5) is 31.9. The molecule has 1 fully saturated rings. The highest BCUT2D eigenvalue weighted by atomic mass is 16.5. The van der Waals surface area contributed by atoms with Gasteiger partial charge in [0.15, 0.2) is 0 Å². The molecule has 2 amide bonds. The first-order chi connectivity index (χ1) is 14.1. The van der Waals surface area contributed by atoms with Crippen molar-refractivity contribution in [1.82, 2.24) is 5.32 Å². The van der Waals surface area contributed by atoms with Crippen molar-refractivity contribution in [3.05, 3.63) is 35.9 Å². The average molecular weight is 396 g/mol. The van der Waals surface area contributed by atoms with Gasteiger partial charge in [0, 0.05) is 20.1 Å². The second kappa shape index (κ2) is 8.39. The molecule has 3 atom stereocenters.